The number of nitrogens with one attached hydrogen (secondary N) is 1. The summed E-state index contributed by atoms with van der Waals surface area (Å²) in [5, 5.41) is 2.97. The number of benzene rings is 2. The van der Waals surface area contributed by atoms with E-state index in [9.17, 15) is 9.18 Å². The van der Waals surface area contributed by atoms with Crippen LogP contribution in [0, 0.1) is 5.82 Å². The van der Waals surface area contributed by atoms with Gasteiger partial charge in [0, 0.05) is 12.0 Å². The fourth-order valence-electron chi connectivity index (χ4n) is 2.68. The molecule has 2 aromatic rings. The van der Waals surface area contributed by atoms with E-state index in [-0.39, 0.29) is 30.1 Å². The van der Waals surface area contributed by atoms with Crippen LogP contribution in [0.3, 0.4) is 0 Å². The van der Waals surface area contributed by atoms with Gasteiger partial charge in [-0.25, -0.2) is 4.39 Å². The third-order valence-corrected chi connectivity index (χ3v) is 4.29. The first-order chi connectivity index (χ1) is 11.2. The van der Waals surface area contributed by atoms with E-state index in [1.807, 2.05) is 18.2 Å². The molecule has 0 spiro atoms. The molecule has 1 N–H and O–H groups in total. The number of hydrogen-bond donors (Lipinski definition) is 1. The number of amides is 1. The van der Waals surface area contributed by atoms with E-state index in [0.717, 1.165) is 12.8 Å². The molecule has 1 fully saturated rings. The van der Waals surface area contributed by atoms with Gasteiger partial charge in [-0.2, -0.15) is 0 Å². The second-order valence-electron chi connectivity index (χ2n) is 5.95. The highest BCUT2D eigenvalue weighted by Crippen LogP contribution is 2.47. The van der Waals surface area contributed by atoms with Crippen LogP contribution in [-0.4, -0.2) is 19.1 Å². The Bertz CT molecular complexity index is 668. The molecule has 120 valence electrons. The van der Waals surface area contributed by atoms with Crippen molar-refractivity contribution >= 4 is 5.91 Å². The summed E-state index contributed by atoms with van der Waals surface area (Å²) in [7, 11) is 0. The summed E-state index contributed by atoms with van der Waals surface area (Å²) in [6.45, 7) is 0.820. The van der Waals surface area contributed by atoms with Crippen LogP contribution < -0.4 is 10.1 Å². The molecule has 0 atom stereocenters. The molecule has 1 saturated carbocycles. The first-order valence-electron chi connectivity index (χ1n) is 7.89. The van der Waals surface area contributed by atoms with E-state index >= 15 is 0 Å². The standard InChI is InChI=1S/C19H20FNO2/c20-16-8-4-5-9-17(16)23-13-10-18(22)21-14-19(11-12-19)15-6-2-1-3-7-15/h1-9H,10-14H2,(H,21,22). The van der Waals surface area contributed by atoms with Gasteiger partial charge in [-0.3, -0.25) is 4.79 Å². The number of halogens is 1. The van der Waals surface area contributed by atoms with Crippen LogP contribution in [0.1, 0.15) is 24.8 Å². The first kappa shape index (κ1) is 15.5. The molecular formula is C19H20FNO2. The lowest BCUT2D eigenvalue weighted by atomic mass is 9.96. The van der Waals surface area contributed by atoms with Crippen LogP contribution in [-0.2, 0) is 10.2 Å². The number of ether oxygens (including phenoxy) is 1. The maximum Gasteiger partial charge on any atom is 0.223 e. The van der Waals surface area contributed by atoms with Gasteiger partial charge in [0.15, 0.2) is 11.6 Å². The molecule has 0 unspecified atom stereocenters. The third kappa shape index (κ3) is 3.89. The molecule has 0 aliphatic heterocycles. The van der Waals surface area contributed by atoms with Crippen molar-refractivity contribution in [3.05, 3.63) is 66.0 Å². The maximum atomic E-state index is 13.4. The van der Waals surface area contributed by atoms with Gasteiger partial charge in [0.25, 0.3) is 0 Å². The molecule has 0 radical (unpaired) electrons. The van der Waals surface area contributed by atoms with Crippen molar-refractivity contribution in [1.29, 1.82) is 0 Å². The molecule has 3 rings (SSSR count). The predicted molar refractivity (Wildman–Crippen MR) is 86.9 cm³/mol. The van der Waals surface area contributed by atoms with E-state index in [4.69, 9.17) is 4.74 Å². The molecule has 2 aromatic carbocycles. The van der Waals surface area contributed by atoms with E-state index in [1.54, 1.807) is 18.2 Å². The number of carbonyl (C=O) groups is 1. The van der Waals surface area contributed by atoms with Crippen molar-refractivity contribution in [3.8, 4) is 5.75 Å². The lowest BCUT2D eigenvalue weighted by molar-refractivity contribution is -0.121. The molecule has 23 heavy (non-hydrogen) atoms. The highest BCUT2D eigenvalue weighted by atomic mass is 19.1. The van der Waals surface area contributed by atoms with Crippen LogP contribution >= 0.6 is 0 Å². The number of para-hydroxylation sites is 1. The van der Waals surface area contributed by atoms with E-state index in [2.05, 4.69) is 17.4 Å². The van der Waals surface area contributed by atoms with Crippen LogP contribution in [0.4, 0.5) is 4.39 Å². The average molecular weight is 313 g/mol. The maximum absolute atomic E-state index is 13.4. The van der Waals surface area contributed by atoms with Gasteiger partial charge in [-0.1, -0.05) is 42.5 Å². The van der Waals surface area contributed by atoms with Crippen molar-refractivity contribution in [2.45, 2.75) is 24.7 Å². The van der Waals surface area contributed by atoms with Gasteiger partial charge < -0.3 is 10.1 Å². The van der Waals surface area contributed by atoms with E-state index in [0.29, 0.717) is 6.54 Å². The van der Waals surface area contributed by atoms with Crippen molar-refractivity contribution in [2.24, 2.45) is 0 Å². The molecule has 1 aliphatic carbocycles. The smallest absolute Gasteiger partial charge is 0.223 e. The summed E-state index contributed by atoms with van der Waals surface area (Å²) in [6, 6.07) is 16.5. The van der Waals surface area contributed by atoms with Crippen molar-refractivity contribution in [3.63, 3.8) is 0 Å². The zero-order valence-electron chi connectivity index (χ0n) is 12.9. The predicted octanol–water partition coefficient (Wildman–Crippen LogP) is 3.44. The van der Waals surface area contributed by atoms with Gasteiger partial charge in [-0.15, -0.1) is 0 Å². The van der Waals surface area contributed by atoms with Gasteiger partial charge in [-0.05, 0) is 30.5 Å². The highest BCUT2D eigenvalue weighted by Gasteiger charge is 2.44. The summed E-state index contributed by atoms with van der Waals surface area (Å²) in [6.07, 6.45) is 2.42. The number of carbonyl (C=O) groups excluding carboxylic acids is 1. The van der Waals surface area contributed by atoms with E-state index < -0.39 is 5.82 Å². The Hall–Kier alpha value is -2.36. The zero-order valence-corrected chi connectivity index (χ0v) is 12.9. The van der Waals surface area contributed by atoms with Gasteiger partial charge in [0.1, 0.15) is 0 Å². The molecule has 0 bridgehead atoms. The average Bonchev–Trinajstić information content (AvgIpc) is 3.37. The number of rotatable bonds is 7. The Balaban J connectivity index is 1.43. The lowest BCUT2D eigenvalue weighted by Gasteiger charge is -2.16. The summed E-state index contributed by atoms with van der Waals surface area (Å²) in [5.74, 6) is -0.291. The molecule has 1 amide bonds. The second-order valence-corrected chi connectivity index (χ2v) is 5.95. The molecule has 0 saturated heterocycles. The minimum Gasteiger partial charge on any atom is -0.490 e. The Morgan fingerprint density at radius 2 is 1.78 bits per heavy atom. The van der Waals surface area contributed by atoms with E-state index in [1.165, 1.54) is 11.6 Å². The van der Waals surface area contributed by atoms with Crippen molar-refractivity contribution < 1.29 is 13.9 Å². The second kappa shape index (κ2) is 6.82. The Kier molecular flexibility index (Phi) is 4.60. The van der Waals surface area contributed by atoms with Gasteiger partial charge in [0.05, 0.1) is 13.0 Å². The molecule has 1 aliphatic rings. The Labute approximate surface area is 135 Å². The van der Waals surface area contributed by atoms with Gasteiger partial charge in [0.2, 0.25) is 5.91 Å². The highest BCUT2D eigenvalue weighted by molar-refractivity contribution is 5.76. The lowest BCUT2D eigenvalue weighted by Crippen LogP contribution is -2.33. The topological polar surface area (TPSA) is 38.3 Å². The van der Waals surface area contributed by atoms with Crippen molar-refractivity contribution in [2.75, 3.05) is 13.2 Å². The third-order valence-electron chi connectivity index (χ3n) is 4.29. The van der Waals surface area contributed by atoms with Crippen molar-refractivity contribution in [1.82, 2.24) is 5.32 Å². The summed E-state index contributed by atoms with van der Waals surface area (Å²) >= 11 is 0. The normalized spacial score (nSPS) is 15.0. The summed E-state index contributed by atoms with van der Waals surface area (Å²) in [4.78, 5) is 11.9. The fourth-order valence-corrected chi connectivity index (χ4v) is 2.68. The minimum atomic E-state index is -0.408. The number of hydrogen-bond acceptors (Lipinski definition) is 2. The SMILES string of the molecule is O=C(CCOc1ccccc1F)NCC1(c2ccccc2)CC1. The van der Waals surface area contributed by atoms with Crippen LogP contribution in [0.25, 0.3) is 0 Å². The fraction of sp³-hybridized carbons (Fsp3) is 0.316. The molecule has 0 heterocycles. The quantitative estimate of drug-likeness (QED) is 0.850. The van der Waals surface area contributed by atoms with Crippen LogP contribution in [0.2, 0.25) is 0 Å². The monoisotopic (exact) mass is 313 g/mol. The molecular weight excluding hydrogens is 293 g/mol. The minimum absolute atomic E-state index is 0.0662. The molecule has 0 aromatic heterocycles. The zero-order chi connectivity index (χ0) is 16.1. The van der Waals surface area contributed by atoms with Crippen LogP contribution in [0.5, 0.6) is 5.75 Å². The Morgan fingerprint density at radius 3 is 2.48 bits per heavy atom. The van der Waals surface area contributed by atoms with Crippen LogP contribution in [0.15, 0.2) is 54.6 Å². The summed E-state index contributed by atoms with van der Waals surface area (Å²) < 4.78 is 18.7. The summed E-state index contributed by atoms with van der Waals surface area (Å²) in [5.41, 5.74) is 1.38. The Morgan fingerprint density at radius 1 is 1.09 bits per heavy atom. The molecule has 4 heteroatoms. The largest absolute Gasteiger partial charge is 0.490 e. The first-order valence-corrected chi connectivity index (χ1v) is 7.89. The van der Waals surface area contributed by atoms with Gasteiger partial charge >= 0.3 is 0 Å². The molecule has 3 nitrogen and oxygen atoms in total.